The zero-order valence-corrected chi connectivity index (χ0v) is 12.3. The van der Waals surface area contributed by atoms with E-state index >= 15 is 0 Å². The average molecular weight is 324 g/mol. The minimum absolute atomic E-state index is 0.0347. The third kappa shape index (κ3) is 3.03. The number of hydrogen-bond acceptors (Lipinski definition) is 5. The maximum absolute atomic E-state index is 12.2. The highest BCUT2D eigenvalue weighted by molar-refractivity contribution is 7.14. The van der Waals surface area contributed by atoms with Gasteiger partial charge in [0.2, 0.25) is 0 Å². The predicted octanol–water partition coefficient (Wildman–Crippen LogP) is 3.83. The minimum Gasteiger partial charge on any atom is -0.298 e. The van der Waals surface area contributed by atoms with Crippen molar-refractivity contribution in [1.82, 2.24) is 4.98 Å². The summed E-state index contributed by atoms with van der Waals surface area (Å²) in [7, 11) is 0. The largest absolute Gasteiger partial charge is 0.298 e. The molecule has 0 spiro atoms. The molecule has 0 bridgehead atoms. The van der Waals surface area contributed by atoms with E-state index in [1.54, 1.807) is 0 Å². The Morgan fingerprint density at radius 1 is 1.48 bits per heavy atom. The summed E-state index contributed by atoms with van der Waals surface area (Å²) in [6.45, 7) is 0. The number of nitrogens with zero attached hydrogens (tertiary/aromatic N) is 2. The van der Waals surface area contributed by atoms with Crippen molar-refractivity contribution in [1.29, 1.82) is 0 Å². The lowest BCUT2D eigenvalue weighted by atomic mass is 10.1. The monoisotopic (exact) mass is 323 g/mol. The summed E-state index contributed by atoms with van der Waals surface area (Å²) >= 11 is 7.04. The van der Waals surface area contributed by atoms with Crippen LogP contribution in [0.3, 0.4) is 0 Å². The first kappa shape index (κ1) is 14.0. The highest BCUT2D eigenvalue weighted by atomic mass is 35.5. The lowest BCUT2D eigenvalue weighted by Crippen LogP contribution is -2.13. The summed E-state index contributed by atoms with van der Waals surface area (Å²) in [5.41, 5.74) is 0.618. The van der Waals surface area contributed by atoms with E-state index in [2.05, 4.69) is 10.3 Å². The highest BCUT2D eigenvalue weighted by Gasteiger charge is 2.27. The van der Waals surface area contributed by atoms with Gasteiger partial charge in [-0.1, -0.05) is 11.6 Å². The number of anilines is 1. The number of thiazole rings is 1. The lowest BCUT2D eigenvalue weighted by Gasteiger charge is -2.03. The standard InChI is InChI=1S/C13H10ClN3O3S/c14-8-3-4-9(11(5-8)17(19)20)12(18)16-13-15-10(6-21-13)7-1-2-7/h3-7H,1-2H2,(H,15,16,18). The van der Waals surface area contributed by atoms with Crippen LogP contribution in [0.15, 0.2) is 23.6 Å². The molecule has 1 saturated carbocycles. The molecular formula is C13H10ClN3O3S. The molecule has 108 valence electrons. The normalized spacial score (nSPS) is 14.0. The molecule has 1 N–H and O–H groups in total. The molecule has 1 heterocycles. The Bertz CT molecular complexity index is 727. The molecule has 1 aliphatic rings. The van der Waals surface area contributed by atoms with Crippen LogP contribution in [0, 0.1) is 10.1 Å². The van der Waals surface area contributed by atoms with Gasteiger partial charge >= 0.3 is 0 Å². The Balaban J connectivity index is 1.82. The van der Waals surface area contributed by atoms with Crippen molar-refractivity contribution < 1.29 is 9.72 Å². The summed E-state index contributed by atoms with van der Waals surface area (Å²) in [6, 6.07) is 3.94. The van der Waals surface area contributed by atoms with Crippen molar-refractivity contribution in [2.75, 3.05) is 5.32 Å². The Morgan fingerprint density at radius 2 is 2.24 bits per heavy atom. The fraction of sp³-hybridized carbons (Fsp3) is 0.231. The maximum atomic E-state index is 12.2. The molecule has 8 heteroatoms. The summed E-state index contributed by atoms with van der Waals surface area (Å²) in [5.74, 6) is -0.0631. The van der Waals surface area contributed by atoms with Gasteiger partial charge in [-0.25, -0.2) is 4.98 Å². The number of hydrogen-bond donors (Lipinski definition) is 1. The number of benzene rings is 1. The second kappa shape index (κ2) is 5.42. The number of aromatic nitrogens is 1. The smallest absolute Gasteiger partial charge is 0.283 e. The molecule has 0 saturated heterocycles. The molecule has 3 rings (SSSR count). The molecule has 0 atom stereocenters. The number of nitrogens with one attached hydrogen (secondary N) is 1. The van der Waals surface area contributed by atoms with Gasteiger partial charge in [0, 0.05) is 22.4 Å². The van der Waals surface area contributed by atoms with Crippen LogP contribution >= 0.6 is 22.9 Å². The molecule has 6 nitrogen and oxygen atoms in total. The molecule has 1 aromatic heterocycles. The van der Waals surface area contributed by atoms with Crippen molar-refractivity contribution in [3.05, 3.63) is 50.0 Å². The van der Waals surface area contributed by atoms with E-state index < -0.39 is 10.8 Å². The van der Waals surface area contributed by atoms with Crippen molar-refractivity contribution in [3.63, 3.8) is 0 Å². The first-order valence-electron chi connectivity index (χ1n) is 6.25. The van der Waals surface area contributed by atoms with Crippen LogP contribution in [-0.2, 0) is 0 Å². The summed E-state index contributed by atoms with van der Waals surface area (Å²) in [5, 5.41) is 16.2. The predicted molar refractivity (Wildman–Crippen MR) is 80.1 cm³/mol. The molecule has 1 aromatic carbocycles. The molecule has 1 amide bonds. The van der Waals surface area contributed by atoms with Gasteiger partial charge in [0.1, 0.15) is 5.56 Å². The Labute approximate surface area is 128 Å². The zero-order valence-electron chi connectivity index (χ0n) is 10.7. The third-order valence-electron chi connectivity index (χ3n) is 3.14. The van der Waals surface area contributed by atoms with E-state index in [0.29, 0.717) is 11.0 Å². The SMILES string of the molecule is O=C(Nc1nc(C2CC2)cs1)c1ccc(Cl)cc1[N+](=O)[O-]. The quantitative estimate of drug-likeness (QED) is 0.684. The van der Waals surface area contributed by atoms with E-state index in [9.17, 15) is 14.9 Å². The number of amides is 1. The van der Waals surface area contributed by atoms with Crippen molar-refractivity contribution in [2.45, 2.75) is 18.8 Å². The molecule has 2 aromatic rings. The number of halogens is 1. The van der Waals surface area contributed by atoms with Crippen LogP contribution in [0.2, 0.25) is 5.02 Å². The highest BCUT2D eigenvalue weighted by Crippen LogP contribution is 2.41. The molecule has 21 heavy (non-hydrogen) atoms. The topological polar surface area (TPSA) is 85.1 Å². The van der Waals surface area contributed by atoms with Crippen molar-refractivity contribution in [3.8, 4) is 0 Å². The average Bonchev–Trinajstić information content (AvgIpc) is 3.19. The van der Waals surface area contributed by atoms with Crippen molar-refractivity contribution >= 4 is 39.7 Å². The Hall–Kier alpha value is -1.99. The molecule has 0 unspecified atom stereocenters. The summed E-state index contributed by atoms with van der Waals surface area (Å²) in [4.78, 5) is 26.8. The van der Waals surface area contributed by atoms with Gasteiger partial charge in [-0.05, 0) is 25.0 Å². The second-order valence-electron chi connectivity index (χ2n) is 4.72. The Kier molecular flexibility index (Phi) is 3.60. The first-order valence-corrected chi connectivity index (χ1v) is 7.51. The Morgan fingerprint density at radius 3 is 2.90 bits per heavy atom. The second-order valence-corrected chi connectivity index (χ2v) is 6.02. The van der Waals surface area contributed by atoms with Gasteiger partial charge in [0.05, 0.1) is 10.6 Å². The first-order chi connectivity index (χ1) is 10.0. The van der Waals surface area contributed by atoms with Crippen LogP contribution in [0.25, 0.3) is 0 Å². The molecule has 0 aliphatic heterocycles. The fourth-order valence-corrected chi connectivity index (χ4v) is 2.88. The number of rotatable bonds is 4. The fourth-order valence-electron chi connectivity index (χ4n) is 1.92. The molecule has 0 radical (unpaired) electrons. The van der Waals surface area contributed by atoms with Gasteiger partial charge in [0.25, 0.3) is 11.6 Å². The third-order valence-corrected chi connectivity index (χ3v) is 4.15. The summed E-state index contributed by atoms with van der Waals surface area (Å²) in [6.07, 6.45) is 2.25. The van der Waals surface area contributed by atoms with Crippen molar-refractivity contribution in [2.24, 2.45) is 0 Å². The molecular weight excluding hydrogens is 314 g/mol. The van der Waals surface area contributed by atoms with E-state index in [0.717, 1.165) is 24.6 Å². The van der Waals surface area contributed by atoms with Crippen LogP contribution in [0.5, 0.6) is 0 Å². The summed E-state index contributed by atoms with van der Waals surface area (Å²) < 4.78 is 0. The van der Waals surface area contributed by atoms with Gasteiger partial charge in [0.15, 0.2) is 5.13 Å². The number of nitro benzene ring substituents is 1. The molecule has 1 fully saturated rings. The van der Waals surface area contributed by atoms with Gasteiger partial charge < -0.3 is 0 Å². The minimum atomic E-state index is -0.627. The van der Waals surface area contributed by atoms with Crippen LogP contribution < -0.4 is 5.32 Å². The maximum Gasteiger partial charge on any atom is 0.283 e. The van der Waals surface area contributed by atoms with E-state index in [-0.39, 0.29) is 16.3 Å². The van der Waals surface area contributed by atoms with Crippen LogP contribution in [0.1, 0.15) is 34.8 Å². The van der Waals surface area contributed by atoms with E-state index in [4.69, 9.17) is 11.6 Å². The number of carbonyl (C=O) groups excluding carboxylic acids is 1. The van der Waals surface area contributed by atoms with Gasteiger partial charge in [-0.2, -0.15) is 0 Å². The lowest BCUT2D eigenvalue weighted by molar-refractivity contribution is -0.385. The number of nitro groups is 1. The number of carbonyl (C=O) groups is 1. The zero-order chi connectivity index (χ0) is 15.0. The molecule has 1 aliphatic carbocycles. The van der Waals surface area contributed by atoms with Gasteiger partial charge in [-0.15, -0.1) is 11.3 Å². The van der Waals surface area contributed by atoms with E-state index in [1.165, 1.54) is 23.5 Å². The van der Waals surface area contributed by atoms with Gasteiger partial charge in [-0.3, -0.25) is 20.2 Å². The van der Waals surface area contributed by atoms with Crippen LogP contribution in [-0.4, -0.2) is 15.8 Å². The van der Waals surface area contributed by atoms with E-state index in [1.807, 2.05) is 5.38 Å². The van der Waals surface area contributed by atoms with Crippen LogP contribution in [0.4, 0.5) is 10.8 Å².